The molecule has 0 aromatic carbocycles. The molecule has 1 rings (SSSR count). The van der Waals surface area contributed by atoms with Gasteiger partial charge in [0.05, 0.1) is 0 Å². The van der Waals surface area contributed by atoms with Gasteiger partial charge in [0.2, 0.25) is 0 Å². The van der Waals surface area contributed by atoms with E-state index in [1.165, 1.54) is 0 Å². The first-order chi connectivity index (χ1) is 4.88. The van der Waals surface area contributed by atoms with Crippen LogP contribution in [0, 0.1) is 6.20 Å². The van der Waals surface area contributed by atoms with Gasteiger partial charge in [-0.3, -0.25) is 0 Å². The van der Waals surface area contributed by atoms with Gasteiger partial charge in [-0.1, -0.05) is 6.92 Å². The van der Waals surface area contributed by atoms with E-state index in [2.05, 4.69) is 18.2 Å². The zero-order valence-corrected chi connectivity index (χ0v) is 6.24. The molecule has 1 radical (unpaired) electrons. The molecule has 0 fully saturated rings. The standard InChI is InChI=1S/C7H11N2O/c1-3-7(10-2)9-6-4-5-8-9/h4,6-7H,3H2,1-2H3. The van der Waals surface area contributed by atoms with Gasteiger partial charge >= 0.3 is 0 Å². The molecular weight excluding hydrogens is 128 g/mol. The Kier molecular flexibility index (Phi) is 2.45. The van der Waals surface area contributed by atoms with Crippen LogP contribution in [-0.2, 0) is 4.74 Å². The Bertz CT molecular complexity index is 168. The van der Waals surface area contributed by atoms with Crippen molar-refractivity contribution in [3.8, 4) is 0 Å². The third kappa shape index (κ3) is 1.36. The van der Waals surface area contributed by atoms with Crippen molar-refractivity contribution in [3.05, 3.63) is 18.5 Å². The highest BCUT2D eigenvalue weighted by atomic mass is 16.5. The second-order valence-corrected chi connectivity index (χ2v) is 2.02. The number of methoxy groups -OCH3 is 1. The van der Waals surface area contributed by atoms with E-state index >= 15 is 0 Å². The van der Waals surface area contributed by atoms with Gasteiger partial charge in [0.25, 0.3) is 0 Å². The lowest BCUT2D eigenvalue weighted by Crippen LogP contribution is -2.09. The van der Waals surface area contributed by atoms with E-state index in [4.69, 9.17) is 4.74 Å². The predicted molar refractivity (Wildman–Crippen MR) is 37.4 cm³/mol. The molecule has 55 valence electrons. The van der Waals surface area contributed by atoms with Crippen molar-refractivity contribution in [1.29, 1.82) is 0 Å². The average Bonchev–Trinajstić information content (AvgIpc) is 2.43. The molecule has 1 atom stereocenters. The molecule has 0 bridgehead atoms. The van der Waals surface area contributed by atoms with Gasteiger partial charge in [-0.05, 0) is 12.5 Å². The number of rotatable bonds is 3. The number of hydrogen-bond acceptors (Lipinski definition) is 2. The van der Waals surface area contributed by atoms with Crippen LogP contribution in [0.1, 0.15) is 19.6 Å². The summed E-state index contributed by atoms with van der Waals surface area (Å²) in [5.74, 6) is 0. The van der Waals surface area contributed by atoms with E-state index < -0.39 is 0 Å². The van der Waals surface area contributed by atoms with Gasteiger partial charge in [-0.2, -0.15) is 5.10 Å². The van der Waals surface area contributed by atoms with E-state index in [9.17, 15) is 0 Å². The molecule has 0 aliphatic rings. The SMILES string of the molecule is CCC(OC)n1cc[c]n1. The van der Waals surface area contributed by atoms with Crippen molar-refractivity contribution in [2.45, 2.75) is 19.6 Å². The Morgan fingerprint density at radius 2 is 2.60 bits per heavy atom. The minimum Gasteiger partial charge on any atom is -0.360 e. The van der Waals surface area contributed by atoms with Crippen molar-refractivity contribution >= 4 is 0 Å². The highest BCUT2D eigenvalue weighted by Crippen LogP contribution is 2.08. The van der Waals surface area contributed by atoms with Crippen LogP contribution >= 0.6 is 0 Å². The Morgan fingerprint density at radius 1 is 1.80 bits per heavy atom. The van der Waals surface area contributed by atoms with Crippen molar-refractivity contribution in [2.75, 3.05) is 7.11 Å². The Labute approximate surface area is 60.6 Å². The number of ether oxygens (including phenoxy) is 1. The molecule has 0 saturated heterocycles. The fourth-order valence-corrected chi connectivity index (χ4v) is 0.865. The van der Waals surface area contributed by atoms with Crippen LogP contribution in [0.3, 0.4) is 0 Å². The third-order valence-corrected chi connectivity index (χ3v) is 1.39. The van der Waals surface area contributed by atoms with Crippen LogP contribution in [0.25, 0.3) is 0 Å². The summed E-state index contributed by atoms with van der Waals surface area (Å²) >= 11 is 0. The van der Waals surface area contributed by atoms with Gasteiger partial charge in [0.1, 0.15) is 12.4 Å². The van der Waals surface area contributed by atoms with Crippen molar-refractivity contribution < 1.29 is 4.74 Å². The Morgan fingerprint density at radius 3 is 3.00 bits per heavy atom. The first-order valence-electron chi connectivity index (χ1n) is 3.32. The lowest BCUT2D eigenvalue weighted by molar-refractivity contribution is 0.0309. The number of hydrogen-bond donors (Lipinski definition) is 0. The summed E-state index contributed by atoms with van der Waals surface area (Å²) in [7, 11) is 1.68. The van der Waals surface area contributed by atoms with E-state index in [1.807, 2.05) is 6.20 Å². The zero-order valence-electron chi connectivity index (χ0n) is 6.24. The maximum atomic E-state index is 5.12. The molecule has 3 heteroatoms. The van der Waals surface area contributed by atoms with Crippen LogP contribution in [-0.4, -0.2) is 16.9 Å². The molecule has 1 unspecified atom stereocenters. The summed E-state index contributed by atoms with van der Waals surface area (Å²) in [5.41, 5.74) is 0. The van der Waals surface area contributed by atoms with Crippen LogP contribution < -0.4 is 0 Å². The molecule has 10 heavy (non-hydrogen) atoms. The predicted octanol–water partition coefficient (Wildman–Crippen LogP) is 1.24. The molecule has 0 aliphatic heterocycles. The van der Waals surface area contributed by atoms with E-state index in [1.54, 1.807) is 17.9 Å². The lowest BCUT2D eigenvalue weighted by atomic mass is 10.4. The van der Waals surface area contributed by atoms with E-state index in [-0.39, 0.29) is 6.23 Å². The molecule has 1 aromatic rings. The molecule has 0 aliphatic carbocycles. The fraction of sp³-hybridized carbons (Fsp3) is 0.571. The van der Waals surface area contributed by atoms with Crippen molar-refractivity contribution in [3.63, 3.8) is 0 Å². The first kappa shape index (κ1) is 7.28. The third-order valence-electron chi connectivity index (χ3n) is 1.39. The number of aromatic nitrogens is 2. The highest BCUT2D eigenvalue weighted by molar-refractivity contribution is 4.76. The summed E-state index contributed by atoms with van der Waals surface area (Å²) in [6.07, 6.45) is 5.54. The molecule has 0 saturated carbocycles. The normalized spacial score (nSPS) is 13.4. The summed E-state index contributed by atoms with van der Waals surface area (Å²) < 4.78 is 6.87. The second-order valence-electron chi connectivity index (χ2n) is 2.02. The largest absolute Gasteiger partial charge is 0.360 e. The minimum absolute atomic E-state index is 0.0613. The van der Waals surface area contributed by atoms with Crippen LogP contribution in [0.15, 0.2) is 12.3 Å². The lowest BCUT2D eigenvalue weighted by Gasteiger charge is -2.12. The van der Waals surface area contributed by atoms with Crippen LogP contribution in [0.4, 0.5) is 0 Å². The molecule has 1 aromatic heterocycles. The zero-order chi connectivity index (χ0) is 7.40. The molecule has 1 heterocycles. The fourth-order valence-electron chi connectivity index (χ4n) is 0.865. The van der Waals surface area contributed by atoms with E-state index in [0.717, 1.165) is 6.42 Å². The van der Waals surface area contributed by atoms with Crippen LogP contribution in [0.2, 0.25) is 0 Å². The van der Waals surface area contributed by atoms with Gasteiger partial charge in [-0.25, -0.2) is 4.68 Å². The quantitative estimate of drug-likeness (QED) is 0.630. The maximum Gasteiger partial charge on any atom is 0.149 e. The maximum absolute atomic E-state index is 5.12. The Balaban J connectivity index is 2.64. The second kappa shape index (κ2) is 3.37. The van der Waals surface area contributed by atoms with Gasteiger partial charge in [-0.15, -0.1) is 0 Å². The summed E-state index contributed by atoms with van der Waals surface area (Å²) in [4.78, 5) is 0. The molecule has 0 spiro atoms. The summed E-state index contributed by atoms with van der Waals surface area (Å²) in [5, 5.41) is 3.92. The molecular formula is C7H11N2O. The molecule has 0 amide bonds. The average molecular weight is 139 g/mol. The topological polar surface area (TPSA) is 27.1 Å². The van der Waals surface area contributed by atoms with Crippen molar-refractivity contribution in [1.82, 2.24) is 9.78 Å². The monoisotopic (exact) mass is 139 g/mol. The first-order valence-corrected chi connectivity index (χ1v) is 3.32. The Hall–Kier alpha value is -0.830. The number of nitrogens with zero attached hydrogens (tertiary/aromatic N) is 2. The minimum atomic E-state index is 0.0613. The molecule has 3 nitrogen and oxygen atoms in total. The van der Waals surface area contributed by atoms with Gasteiger partial charge in [0, 0.05) is 13.3 Å². The van der Waals surface area contributed by atoms with E-state index in [0.29, 0.717) is 0 Å². The summed E-state index contributed by atoms with van der Waals surface area (Å²) in [6, 6.07) is 1.77. The molecule has 0 N–H and O–H groups in total. The van der Waals surface area contributed by atoms with Crippen LogP contribution in [0.5, 0.6) is 0 Å². The summed E-state index contributed by atoms with van der Waals surface area (Å²) in [6.45, 7) is 2.05. The van der Waals surface area contributed by atoms with Gasteiger partial charge in [0.15, 0.2) is 0 Å². The van der Waals surface area contributed by atoms with Gasteiger partial charge < -0.3 is 4.74 Å². The smallest absolute Gasteiger partial charge is 0.149 e. The van der Waals surface area contributed by atoms with Crippen molar-refractivity contribution in [2.24, 2.45) is 0 Å². The highest BCUT2D eigenvalue weighted by Gasteiger charge is 2.04.